The topological polar surface area (TPSA) is 20.7 Å². The van der Waals surface area contributed by atoms with E-state index >= 15 is 0 Å². The smallest absolute Gasteiger partial charge is 0.0551 e. The zero-order valence-electron chi connectivity index (χ0n) is 27.3. The minimum absolute atomic E-state index is 1.12. The summed E-state index contributed by atoms with van der Waals surface area (Å²) in [4.78, 5) is 3.91. The van der Waals surface area contributed by atoms with Gasteiger partial charge in [-0.05, 0) is 75.3 Å². The molecule has 50 heavy (non-hydrogen) atoms. The van der Waals surface area contributed by atoms with Gasteiger partial charge in [0, 0.05) is 38.3 Å². The molecule has 0 fully saturated rings. The number of para-hydroxylation sites is 2. The SMILES string of the molecule is c1ccc(-c2cccc(-c3ccccc3-c3ccc(-c4ccccc4)c4c3[nH]c3ccc(-n5c6ccccc6c6ccccc65)cc34)c2)cc1. The molecular formula is C48H32N2. The lowest BCUT2D eigenvalue weighted by Crippen LogP contribution is -1.93. The Labute approximate surface area is 290 Å². The maximum atomic E-state index is 3.91. The van der Waals surface area contributed by atoms with E-state index in [1.165, 1.54) is 77.1 Å². The van der Waals surface area contributed by atoms with E-state index in [1.54, 1.807) is 0 Å². The highest BCUT2D eigenvalue weighted by molar-refractivity contribution is 6.19. The summed E-state index contributed by atoms with van der Waals surface area (Å²) in [5.41, 5.74) is 15.5. The van der Waals surface area contributed by atoms with Crippen molar-refractivity contribution < 1.29 is 0 Å². The summed E-state index contributed by atoms with van der Waals surface area (Å²) >= 11 is 0. The Morgan fingerprint density at radius 2 is 0.920 bits per heavy atom. The van der Waals surface area contributed by atoms with E-state index in [9.17, 15) is 0 Å². The van der Waals surface area contributed by atoms with Crippen LogP contribution in [0, 0.1) is 0 Å². The van der Waals surface area contributed by atoms with E-state index in [-0.39, 0.29) is 0 Å². The van der Waals surface area contributed by atoms with Crippen molar-refractivity contribution in [3.05, 3.63) is 188 Å². The zero-order chi connectivity index (χ0) is 33.0. The van der Waals surface area contributed by atoms with Gasteiger partial charge in [0.25, 0.3) is 0 Å². The molecule has 2 heterocycles. The first-order valence-corrected chi connectivity index (χ1v) is 17.2. The molecule has 0 radical (unpaired) electrons. The van der Waals surface area contributed by atoms with Crippen molar-refractivity contribution in [3.63, 3.8) is 0 Å². The van der Waals surface area contributed by atoms with E-state index < -0.39 is 0 Å². The normalized spacial score (nSPS) is 11.6. The Balaban J connectivity index is 1.23. The van der Waals surface area contributed by atoms with E-state index in [4.69, 9.17) is 0 Å². The molecule has 0 unspecified atom stereocenters. The van der Waals surface area contributed by atoms with Gasteiger partial charge in [0.15, 0.2) is 0 Å². The monoisotopic (exact) mass is 636 g/mol. The van der Waals surface area contributed by atoms with Crippen LogP contribution >= 0.6 is 0 Å². The summed E-state index contributed by atoms with van der Waals surface area (Å²) in [6.07, 6.45) is 0. The minimum Gasteiger partial charge on any atom is -0.354 e. The molecule has 0 aliphatic heterocycles. The maximum Gasteiger partial charge on any atom is 0.0551 e. The van der Waals surface area contributed by atoms with Crippen LogP contribution in [0.5, 0.6) is 0 Å². The van der Waals surface area contributed by atoms with Crippen molar-refractivity contribution in [1.29, 1.82) is 0 Å². The van der Waals surface area contributed by atoms with Gasteiger partial charge in [-0.25, -0.2) is 0 Å². The Hall–Kier alpha value is -6.64. The molecule has 0 amide bonds. The number of hydrogen-bond acceptors (Lipinski definition) is 0. The number of rotatable bonds is 5. The van der Waals surface area contributed by atoms with Gasteiger partial charge in [-0.15, -0.1) is 0 Å². The average molecular weight is 637 g/mol. The van der Waals surface area contributed by atoms with E-state index in [1.807, 2.05) is 0 Å². The number of nitrogens with one attached hydrogen (secondary N) is 1. The number of aromatic amines is 1. The predicted molar refractivity (Wildman–Crippen MR) is 212 cm³/mol. The van der Waals surface area contributed by atoms with Crippen LogP contribution < -0.4 is 0 Å². The Bertz CT molecular complexity index is 2800. The first-order chi connectivity index (χ1) is 24.8. The molecule has 10 rings (SSSR count). The number of fused-ring (bicyclic) bond motifs is 6. The summed E-state index contributed by atoms with van der Waals surface area (Å²) < 4.78 is 2.41. The van der Waals surface area contributed by atoms with Crippen LogP contribution in [-0.4, -0.2) is 9.55 Å². The molecule has 0 aliphatic carbocycles. The van der Waals surface area contributed by atoms with Gasteiger partial charge in [0.2, 0.25) is 0 Å². The Morgan fingerprint density at radius 3 is 1.66 bits per heavy atom. The third-order valence-corrected chi connectivity index (χ3v) is 10.2. The van der Waals surface area contributed by atoms with Gasteiger partial charge >= 0.3 is 0 Å². The molecule has 2 nitrogen and oxygen atoms in total. The van der Waals surface area contributed by atoms with Crippen molar-refractivity contribution >= 4 is 43.6 Å². The van der Waals surface area contributed by atoms with Crippen LogP contribution in [0.15, 0.2) is 188 Å². The first kappa shape index (κ1) is 28.4. The van der Waals surface area contributed by atoms with Crippen LogP contribution in [-0.2, 0) is 0 Å². The number of nitrogens with zero attached hydrogens (tertiary/aromatic N) is 1. The van der Waals surface area contributed by atoms with Crippen molar-refractivity contribution in [1.82, 2.24) is 9.55 Å². The summed E-state index contributed by atoms with van der Waals surface area (Å²) in [6, 6.07) is 68.0. The maximum absolute atomic E-state index is 3.91. The van der Waals surface area contributed by atoms with E-state index in [0.29, 0.717) is 0 Å². The Kier molecular flexibility index (Phi) is 6.53. The van der Waals surface area contributed by atoms with Crippen molar-refractivity contribution in [2.24, 2.45) is 0 Å². The fourth-order valence-electron chi connectivity index (χ4n) is 7.88. The largest absolute Gasteiger partial charge is 0.354 e. The third-order valence-electron chi connectivity index (χ3n) is 10.2. The first-order valence-electron chi connectivity index (χ1n) is 17.2. The molecule has 2 heteroatoms. The molecule has 2 aromatic heterocycles. The number of hydrogen-bond donors (Lipinski definition) is 1. The quantitative estimate of drug-likeness (QED) is 0.194. The second-order valence-electron chi connectivity index (χ2n) is 13.0. The number of aromatic nitrogens is 2. The van der Waals surface area contributed by atoms with Gasteiger partial charge in [-0.3, -0.25) is 0 Å². The van der Waals surface area contributed by atoms with Crippen LogP contribution in [0.4, 0.5) is 0 Å². The summed E-state index contributed by atoms with van der Waals surface area (Å²) in [5, 5.41) is 4.98. The molecule has 234 valence electrons. The molecule has 0 aliphatic rings. The third kappa shape index (κ3) is 4.50. The van der Waals surface area contributed by atoms with E-state index in [2.05, 4.69) is 198 Å². The van der Waals surface area contributed by atoms with Crippen molar-refractivity contribution in [3.8, 4) is 50.2 Å². The summed E-state index contributed by atoms with van der Waals surface area (Å²) in [7, 11) is 0. The molecule has 0 saturated heterocycles. The van der Waals surface area contributed by atoms with Crippen molar-refractivity contribution in [2.75, 3.05) is 0 Å². The molecule has 10 aromatic rings. The van der Waals surface area contributed by atoms with Gasteiger partial charge in [-0.2, -0.15) is 0 Å². The summed E-state index contributed by atoms with van der Waals surface area (Å²) in [5.74, 6) is 0. The predicted octanol–water partition coefficient (Wildman–Crippen LogP) is 13.1. The van der Waals surface area contributed by atoms with Crippen LogP contribution in [0.2, 0.25) is 0 Å². The van der Waals surface area contributed by atoms with Gasteiger partial charge in [-0.1, -0.05) is 152 Å². The lowest BCUT2D eigenvalue weighted by Gasteiger charge is -2.14. The zero-order valence-corrected chi connectivity index (χ0v) is 27.3. The fraction of sp³-hybridized carbons (Fsp3) is 0. The van der Waals surface area contributed by atoms with Gasteiger partial charge in [0.1, 0.15) is 0 Å². The molecule has 0 atom stereocenters. The highest BCUT2D eigenvalue weighted by Gasteiger charge is 2.19. The van der Waals surface area contributed by atoms with Crippen LogP contribution in [0.3, 0.4) is 0 Å². The second kappa shape index (κ2) is 11.5. The molecule has 1 N–H and O–H groups in total. The molecule has 8 aromatic carbocycles. The van der Waals surface area contributed by atoms with Crippen LogP contribution in [0.25, 0.3) is 93.8 Å². The molecule has 0 spiro atoms. The van der Waals surface area contributed by atoms with E-state index in [0.717, 1.165) is 16.7 Å². The molecule has 0 bridgehead atoms. The summed E-state index contributed by atoms with van der Waals surface area (Å²) in [6.45, 7) is 0. The minimum atomic E-state index is 1.12. The van der Waals surface area contributed by atoms with Crippen LogP contribution in [0.1, 0.15) is 0 Å². The highest BCUT2D eigenvalue weighted by Crippen LogP contribution is 2.44. The lowest BCUT2D eigenvalue weighted by molar-refractivity contribution is 1.19. The van der Waals surface area contributed by atoms with Crippen molar-refractivity contribution in [2.45, 2.75) is 0 Å². The second-order valence-corrected chi connectivity index (χ2v) is 13.0. The Morgan fingerprint density at radius 1 is 0.340 bits per heavy atom. The number of benzene rings is 8. The molecular weight excluding hydrogens is 605 g/mol. The van der Waals surface area contributed by atoms with Gasteiger partial charge < -0.3 is 9.55 Å². The standard InChI is InChI=1S/C48H32N2/c1-3-14-32(15-4-1)34-18-13-19-35(30-34)37-20-7-8-21-39(37)42-28-27-38(33-16-5-2-6-17-33)47-43-31-36(26-29-44(43)49-48(42)47)50-45-24-11-9-22-40(45)41-23-10-12-25-46(41)50/h1-31,49H. The van der Waals surface area contributed by atoms with Gasteiger partial charge in [0.05, 0.1) is 16.6 Å². The average Bonchev–Trinajstić information content (AvgIpc) is 3.74. The number of H-pyrrole nitrogens is 1. The molecule has 0 saturated carbocycles. The highest BCUT2D eigenvalue weighted by atomic mass is 15.0. The fourth-order valence-corrected chi connectivity index (χ4v) is 7.88. The lowest BCUT2D eigenvalue weighted by atomic mass is 9.89.